The highest BCUT2D eigenvalue weighted by atomic mass is 16.3. The quantitative estimate of drug-likeness (QED) is 0.398. The third kappa shape index (κ3) is 5.02. The summed E-state index contributed by atoms with van der Waals surface area (Å²) in [6.45, 7) is 2.05. The summed E-state index contributed by atoms with van der Waals surface area (Å²) in [5.74, 6) is -0.330. The number of likely N-dealkylation sites (tertiary alicyclic amines) is 1. The first kappa shape index (κ1) is 17.3. The van der Waals surface area contributed by atoms with Crippen molar-refractivity contribution < 1.29 is 14.7 Å². The van der Waals surface area contributed by atoms with Crippen molar-refractivity contribution >= 4 is 17.5 Å². The van der Waals surface area contributed by atoms with Gasteiger partial charge in [0.05, 0.1) is 0 Å². The lowest BCUT2D eigenvalue weighted by molar-refractivity contribution is -0.127. The van der Waals surface area contributed by atoms with E-state index in [0.717, 1.165) is 19.4 Å². The van der Waals surface area contributed by atoms with Crippen molar-refractivity contribution in [1.82, 2.24) is 10.2 Å². The van der Waals surface area contributed by atoms with Gasteiger partial charge in [-0.05, 0) is 25.0 Å². The Kier molecular flexibility index (Phi) is 6.20. The first-order valence-corrected chi connectivity index (χ1v) is 7.82. The highest BCUT2D eigenvalue weighted by molar-refractivity contribution is 6.06. The normalized spacial score (nSPS) is 14.4. The van der Waals surface area contributed by atoms with E-state index in [2.05, 4.69) is 10.6 Å². The van der Waals surface area contributed by atoms with E-state index in [4.69, 9.17) is 5.26 Å². The molecule has 126 valence electrons. The minimum Gasteiger partial charge on any atom is -0.508 e. The molecule has 3 N–H and O–H groups in total. The largest absolute Gasteiger partial charge is 0.508 e. The summed E-state index contributed by atoms with van der Waals surface area (Å²) < 4.78 is 0. The predicted molar refractivity (Wildman–Crippen MR) is 88.9 cm³/mol. The number of carbonyl (C=O) groups excluding carboxylic acids is 2. The maximum absolute atomic E-state index is 12.0. The SMILES string of the molecule is N#C/C(=C/NCCCN1CCCC1=O)C(=O)Nc1cccc(O)c1. The number of rotatable bonds is 7. The predicted octanol–water partition coefficient (Wildman–Crippen LogP) is 1.34. The Morgan fingerprint density at radius 3 is 2.96 bits per heavy atom. The maximum atomic E-state index is 12.0. The lowest BCUT2D eigenvalue weighted by atomic mass is 10.2. The van der Waals surface area contributed by atoms with Crippen LogP contribution in [0.5, 0.6) is 5.75 Å². The number of benzene rings is 1. The van der Waals surface area contributed by atoms with Crippen LogP contribution in [0.2, 0.25) is 0 Å². The first-order chi connectivity index (χ1) is 11.6. The lowest BCUT2D eigenvalue weighted by Crippen LogP contribution is -2.27. The molecule has 24 heavy (non-hydrogen) atoms. The molecule has 0 radical (unpaired) electrons. The fourth-order valence-electron chi connectivity index (χ4n) is 2.42. The average molecular weight is 328 g/mol. The molecular formula is C17H20N4O3. The van der Waals surface area contributed by atoms with Crippen LogP contribution in [0.4, 0.5) is 5.69 Å². The minimum absolute atomic E-state index is 0.0323. The van der Waals surface area contributed by atoms with Crippen molar-refractivity contribution in [2.24, 2.45) is 0 Å². The summed E-state index contributed by atoms with van der Waals surface area (Å²) in [7, 11) is 0. The average Bonchev–Trinajstić information content (AvgIpc) is 2.96. The number of nitrogens with zero attached hydrogens (tertiary/aromatic N) is 2. The van der Waals surface area contributed by atoms with Gasteiger partial charge < -0.3 is 20.6 Å². The second-order valence-corrected chi connectivity index (χ2v) is 5.47. The molecule has 0 saturated carbocycles. The summed E-state index contributed by atoms with van der Waals surface area (Å²) in [5.41, 5.74) is 0.351. The standard InChI is InChI=1S/C17H20N4O3/c18-11-13(17(24)20-14-4-1-5-15(22)10-14)12-19-7-3-9-21-8-2-6-16(21)23/h1,4-5,10,12,19,22H,2-3,6-9H2,(H,20,24)/b13-12-. The topological polar surface area (TPSA) is 105 Å². The number of anilines is 1. The van der Waals surface area contributed by atoms with Crippen LogP contribution in [0.3, 0.4) is 0 Å². The van der Waals surface area contributed by atoms with Crippen LogP contribution in [-0.2, 0) is 9.59 Å². The number of phenols is 1. The van der Waals surface area contributed by atoms with Crippen molar-refractivity contribution in [3.05, 3.63) is 36.0 Å². The molecule has 1 fully saturated rings. The van der Waals surface area contributed by atoms with Crippen LogP contribution in [0.25, 0.3) is 0 Å². The van der Waals surface area contributed by atoms with E-state index in [1.165, 1.54) is 18.3 Å². The molecular weight excluding hydrogens is 308 g/mol. The number of amides is 2. The Labute approximate surface area is 140 Å². The molecule has 1 aromatic carbocycles. The van der Waals surface area contributed by atoms with Gasteiger partial charge in [-0.25, -0.2) is 0 Å². The maximum Gasteiger partial charge on any atom is 0.267 e. The molecule has 7 heteroatoms. The molecule has 0 spiro atoms. The molecule has 1 aromatic rings. The summed E-state index contributed by atoms with van der Waals surface area (Å²) in [6, 6.07) is 7.93. The fourth-order valence-corrected chi connectivity index (χ4v) is 2.42. The highest BCUT2D eigenvalue weighted by Crippen LogP contribution is 2.15. The molecule has 0 aromatic heterocycles. The first-order valence-electron chi connectivity index (χ1n) is 7.82. The van der Waals surface area contributed by atoms with Crippen molar-refractivity contribution in [2.45, 2.75) is 19.3 Å². The zero-order chi connectivity index (χ0) is 17.4. The summed E-state index contributed by atoms with van der Waals surface area (Å²) in [6.07, 6.45) is 3.65. The second kappa shape index (κ2) is 8.58. The van der Waals surface area contributed by atoms with Gasteiger partial charge in [-0.3, -0.25) is 9.59 Å². The fraction of sp³-hybridized carbons (Fsp3) is 0.353. The van der Waals surface area contributed by atoms with Crippen LogP contribution in [0, 0.1) is 11.3 Å². The van der Waals surface area contributed by atoms with Gasteiger partial charge in [-0.2, -0.15) is 5.26 Å². The van der Waals surface area contributed by atoms with E-state index in [1.807, 2.05) is 11.0 Å². The number of hydrogen-bond donors (Lipinski definition) is 3. The van der Waals surface area contributed by atoms with Gasteiger partial charge in [0.1, 0.15) is 17.4 Å². The van der Waals surface area contributed by atoms with Crippen molar-refractivity contribution in [3.8, 4) is 11.8 Å². The van der Waals surface area contributed by atoms with Gasteiger partial charge in [0, 0.05) is 44.0 Å². The second-order valence-electron chi connectivity index (χ2n) is 5.47. The molecule has 1 aliphatic heterocycles. The van der Waals surface area contributed by atoms with E-state index in [9.17, 15) is 14.7 Å². The molecule has 7 nitrogen and oxygen atoms in total. The zero-order valence-corrected chi connectivity index (χ0v) is 13.3. The van der Waals surface area contributed by atoms with Gasteiger partial charge >= 0.3 is 0 Å². The summed E-state index contributed by atoms with van der Waals surface area (Å²) >= 11 is 0. The van der Waals surface area contributed by atoms with Gasteiger partial charge in [0.25, 0.3) is 5.91 Å². The summed E-state index contributed by atoms with van der Waals surface area (Å²) in [4.78, 5) is 25.3. The van der Waals surface area contributed by atoms with Gasteiger partial charge in [-0.15, -0.1) is 0 Å². The van der Waals surface area contributed by atoms with E-state index in [1.54, 1.807) is 12.1 Å². The van der Waals surface area contributed by atoms with Gasteiger partial charge in [0.2, 0.25) is 5.91 Å². The van der Waals surface area contributed by atoms with Crippen molar-refractivity contribution in [3.63, 3.8) is 0 Å². The molecule has 0 atom stereocenters. The number of phenolic OH excluding ortho intramolecular Hbond substituents is 1. The molecule has 2 amide bonds. The molecule has 2 rings (SSSR count). The Morgan fingerprint density at radius 2 is 2.29 bits per heavy atom. The summed E-state index contributed by atoms with van der Waals surface area (Å²) in [5, 5.41) is 23.9. The number of nitriles is 1. The smallest absolute Gasteiger partial charge is 0.267 e. The van der Waals surface area contributed by atoms with Crippen LogP contribution in [0.15, 0.2) is 36.0 Å². The van der Waals surface area contributed by atoms with E-state index in [-0.39, 0.29) is 17.2 Å². The van der Waals surface area contributed by atoms with E-state index >= 15 is 0 Å². The lowest BCUT2D eigenvalue weighted by Gasteiger charge is -2.14. The number of nitrogens with one attached hydrogen (secondary N) is 2. The molecule has 1 heterocycles. The zero-order valence-electron chi connectivity index (χ0n) is 13.3. The Bertz CT molecular complexity index is 679. The Morgan fingerprint density at radius 1 is 1.46 bits per heavy atom. The van der Waals surface area contributed by atoms with Crippen LogP contribution in [-0.4, -0.2) is 41.5 Å². The van der Waals surface area contributed by atoms with Crippen molar-refractivity contribution in [1.29, 1.82) is 5.26 Å². The number of carbonyl (C=O) groups is 2. The Hall–Kier alpha value is -3.01. The van der Waals surface area contributed by atoms with Gasteiger partial charge in [-0.1, -0.05) is 6.07 Å². The third-order valence-corrected chi connectivity index (χ3v) is 3.64. The third-order valence-electron chi connectivity index (χ3n) is 3.64. The molecule has 1 saturated heterocycles. The number of aromatic hydroxyl groups is 1. The molecule has 1 aliphatic rings. The van der Waals surface area contributed by atoms with Gasteiger partial charge in [0.15, 0.2) is 0 Å². The number of hydrogen-bond acceptors (Lipinski definition) is 5. The van der Waals surface area contributed by atoms with Crippen LogP contribution < -0.4 is 10.6 Å². The van der Waals surface area contributed by atoms with Crippen molar-refractivity contribution in [2.75, 3.05) is 25.0 Å². The van der Waals surface area contributed by atoms with Crippen LogP contribution in [0.1, 0.15) is 19.3 Å². The highest BCUT2D eigenvalue weighted by Gasteiger charge is 2.18. The Balaban J connectivity index is 1.77. The van der Waals surface area contributed by atoms with E-state index < -0.39 is 5.91 Å². The van der Waals surface area contributed by atoms with Crippen LogP contribution >= 0.6 is 0 Å². The van der Waals surface area contributed by atoms with E-state index in [0.29, 0.717) is 25.2 Å². The minimum atomic E-state index is -0.551. The molecule has 0 unspecified atom stereocenters. The molecule has 0 aliphatic carbocycles. The molecule has 0 bridgehead atoms. The monoisotopic (exact) mass is 328 g/mol.